The van der Waals surface area contributed by atoms with E-state index in [0.29, 0.717) is 0 Å². The molecule has 1 fully saturated rings. The first-order chi connectivity index (χ1) is 9.23. The van der Waals surface area contributed by atoms with Crippen LogP contribution in [0.25, 0.3) is 11.1 Å². The number of rotatable bonds is 0. The number of carbonyl (C=O) groups is 2. The third-order valence-electron chi connectivity index (χ3n) is 3.82. The van der Waals surface area contributed by atoms with Crippen LogP contribution in [0.2, 0.25) is 0 Å². The van der Waals surface area contributed by atoms with Crippen LogP contribution in [-0.2, 0) is 10.3 Å². The zero-order valence-corrected chi connectivity index (χ0v) is 9.94. The zero-order chi connectivity index (χ0) is 13.0. The highest BCUT2D eigenvalue weighted by Crippen LogP contribution is 2.48. The zero-order valence-electron chi connectivity index (χ0n) is 9.94. The maximum atomic E-state index is 12.3. The van der Waals surface area contributed by atoms with E-state index < -0.39 is 11.6 Å². The Hall–Kier alpha value is -2.62. The van der Waals surface area contributed by atoms with Crippen molar-refractivity contribution in [3.05, 3.63) is 59.7 Å². The maximum absolute atomic E-state index is 12.3. The predicted octanol–water partition coefficient (Wildman–Crippen LogP) is 1.75. The first kappa shape index (κ1) is 10.3. The monoisotopic (exact) mass is 249 g/mol. The van der Waals surface area contributed by atoms with Crippen LogP contribution < -0.4 is 10.6 Å². The fourth-order valence-corrected chi connectivity index (χ4v) is 3.07. The van der Waals surface area contributed by atoms with Crippen molar-refractivity contribution >= 4 is 11.9 Å². The molecule has 3 amide bonds. The Morgan fingerprint density at radius 3 is 1.79 bits per heavy atom. The highest BCUT2D eigenvalue weighted by Gasteiger charge is 2.54. The lowest BCUT2D eigenvalue weighted by Crippen LogP contribution is -2.43. The van der Waals surface area contributed by atoms with Crippen molar-refractivity contribution in [2.45, 2.75) is 5.54 Å². The first-order valence-corrected chi connectivity index (χ1v) is 6.06. The largest absolute Gasteiger partial charge is 0.322 e. The number of hydrogen-bond acceptors (Lipinski definition) is 2. The molecule has 0 bridgehead atoms. The molecular formula is C15H10N2O2. The number of imide groups is 1. The maximum Gasteiger partial charge on any atom is 0.322 e. The van der Waals surface area contributed by atoms with Crippen LogP contribution in [0.3, 0.4) is 0 Å². The summed E-state index contributed by atoms with van der Waals surface area (Å²) in [6.45, 7) is 0. The van der Waals surface area contributed by atoms with Gasteiger partial charge in [-0.25, -0.2) is 4.79 Å². The molecule has 4 rings (SSSR count). The molecule has 4 nitrogen and oxygen atoms in total. The number of benzene rings is 2. The van der Waals surface area contributed by atoms with Gasteiger partial charge in [0.05, 0.1) is 0 Å². The first-order valence-electron chi connectivity index (χ1n) is 6.06. The fourth-order valence-electron chi connectivity index (χ4n) is 3.07. The number of urea groups is 1. The lowest BCUT2D eigenvalue weighted by Gasteiger charge is -2.22. The van der Waals surface area contributed by atoms with Gasteiger partial charge in [0.2, 0.25) is 0 Å². The molecule has 19 heavy (non-hydrogen) atoms. The summed E-state index contributed by atoms with van der Waals surface area (Å²) in [6.07, 6.45) is 0. The molecule has 0 radical (unpaired) electrons. The standard InChI is InChI=1S/C15H10N2O2/c18-13-15(17-14(19)16-13)11-7-3-1-5-9(11)10-6-2-4-8-12(10)15/h1-8H,(H2,16,17,18,19)/i13-1. The molecule has 2 N–H and O–H groups in total. The Labute approximate surface area is 109 Å². The molecule has 1 saturated heterocycles. The summed E-state index contributed by atoms with van der Waals surface area (Å²) in [4.78, 5) is 23.9. The van der Waals surface area contributed by atoms with Crippen molar-refractivity contribution < 1.29 is 9.59 Å². The summed E-state index contributed by atoms with van der Waals surface area (Å²) in [7, 11) is 0. The van der Waals surface area contributed by atoms with Crippen LogP contribution in [0, 0.1) is 0 Å². The second-order valence-corrected chi connectivity index (χ2v) is 4.75. The van der Waals surface area contributed by atoms with Gasteiger partial charge in [-0.1, -0.05) is 48.5 Å². The van der Waals surface area contributed by atoms with E-state index in [1.807, 2.05) is 48.5 Å². The number of hydrogen-bond donors (Lipinski definition) is 2. The molecule has 0 aromatic heterocycles. The molecule has 2 aliphatic rings. The van der Waals surface area contributed by atoms with Crippen molar-refractivity contribution in [1.82, 2.24) is 10.6 Å². The third-order valence-corrected chi connectivity index (χ3v) is 3.82. The molecule has 2 aromatic rings. The Morgan fingerprint density at radius 2 is 1.32 bits per heavy atom. The number of fused-ring (bicyclic) bond motifs is 5. The molecule has 0 atom stereocenters. The highest BCUT2D eigenvalue weighted by atomic mass is 16.2. The van der Waals surface area contributed by atoms with Crippen LogP contribution >= 0.6 is 0 Å². The van der Waals surface area contributed by atoms with Gasteiger partial charge in [-0.3, -0.25) is 10.1 Å². The SMILES string of the molecule is O=C1N[11C](=O)C2(N1)c1ccccc1-c1ccccc12. The van der Waals surface area contributed by atoms with E-state index in [-0.39, 0.29) is 5.91 Å². The molecule has 2 aromatic carbocycles. The third kappa shape index (κ3) is 1.08. The molecule has 1 heterocycles. The average Bonchev–Trinajstić information content (AvgIpc) is 2.89. The van der Waals surface area contributed by atoms with E-state index in [4.69, 9.17) is 0 Å². The van der Waals surface area contributed by atoms with Gasteiger partial charge in [0.25, 0.3) is 5.91 Å². The minimum Gasteiger partial charge on any atom is -0.316 e. The van der Waals surface area contributed by atoms with Crippen LogP contribution in [0.4, 0.5) is 4.79 Å². The van der Waals surface area contributed by atoms with Crippen LogP contribution in [0.1, 0.15) is 11.1 Å². The minimum atomic E-state index is -1.07. The van der Waals surface area contributed by atoms with E-state index in [1.165, 1.54) is 0 Å². The second kappa shape index (κ2) is 3.23. The van der Waals surface area contributed by atoms with Gasteiger partial charge in [0.1, 0.15) is 0 Å². The molecule has 1 aliphatic carbocycles. The summed E-state index contributed by atoms with van der Waals surface area (Å²) in [6, 6.07) is 14.9. The summed E-state index contributed by atoms with van der Waals surface area (Å²) in [5, 5.41) is 5.13. The van der Waals surface area contributed by atoms with Gasteiger partial charge in [-0.2, -0.15) is 0 Å². The summed E-state index contributed by atoms with van der Waals surface area (Å²) in [5.74, 6) is -0.310. The van der Waals surface area contributed by atoms with Crippen molar-refractivity contribution in [2.75, 3.05) is 0 Å². The van der Waals surface area contributed by atoms with Crippen LogP contribution in [-0.4, -0.2) is 11.9 Å². The van der Waals surface area contributed by atoms with E-state index in [1.54, 1.807) is 0 Å². The topological polar surface area (TPSA) is 58.2 Å². The van der Waals surface area contributed by atoms with Crippen molar-refractivity contribution in [3.63, 3.8) is 0 Å². The number of amides is 3. The molecule has 4 heteroatoms. The van der Waals surface area contributed by atoms with Gasteiger partial charge in [0, 0.05) is 0 Å². The number of carbonyl (C=O) groups excluding carboxylic acids is 2. The van der Waals surface area contributed by atoms with Crippen LogP contribution in [0.5, 0.6) is 0 Å². The quantitative estimate of drug-likeness (QED) is 0.699. The lowest BCUT2D eigenvalue weighted by molar-refractivity contribution is -0.122. The normalized spacial score (nSPS) is 17.9. The Balaban J connectivity index is 2.13. The lowest BCUT2D eigenvalue weighted by atomic mass is 9.68. The number of nitrogens with one attached hydrogen (secondary N) is 2. The van der Waals surface area contributed by atoms with E-state index >= 15 is 0 Å². The average molecular weight is 249 g/mol. The molecule has 1 aliphatic heterocycles. The van der Waals surface area contributed by atoms with Crippen molar-refractivity contribution in [3.8, 4) is 11.1 Å². The van der Waals surface area contributed by atoms with Crippen molar-refractivity contribution in [1.29, 1.82) is 0 Å². The summed E-state index contributed by atoms with van der Waals surface area (Å²) < 4.78 is 0. The summed E-state index contributed by atoms with van der Waals surface area (Å²) >= 11 is 0. The van der Waals surface area contributed by atoms with Gasteiger partial charge >= 0.3 is 6.03 Å². The summed E-state index contributed by atoms with van der Waals surface area (Å²) in [5.41, 5.74) is 2.59. The van der Waals surface area contributed by atoms with Crippen LogP contribution in [0.15, 0.2) is 48.5 Å². The molecule has 92 valence electrons. The van der Waals surface area contributed by atoms with Gasteiger partial charge < -0.3 is 5.32 Å². The van der Waals surface area contributed by atoms with Gasteiger partial charge in [0.15, 0.2) is 5.54 Å². The Kier molecular flexibility index (Phi) is 1.75. The molecule has 0 unspecified atom stereocenters. The van der Waals surface area contributed by atoms with Gasteiger partial charge in [-0.15, -0.1) is 0 Å². The minimum absolute atomic E-state index is 0.310. The molecule has 1 spiro atoms. The van der Waals surface area contributed by atoms with E-state index in [9.17, 15) is 9.59 Å². The Morgan fingerprint density at radius 1 is 0.789 bits per heavy atom. The fraction of sp³-hybridized carbons (Fsp3) is 0.0667. The Bertz CT molecular complexity index is 691. The smallest absolute Gasteiger partial charge is 0.316 e. The predicted molar refractivity (Wildman–Crippen MR) is 69.3 cm³/mol. The molecule has 0 saturated carbocycles. The van der Waals surface area contributed by atoms with Gasteiger partial charge in [-0.05, 0) is 22.3 Å². The molecular weight excluding hydrogens is 239 g/mol. The second-order valence-electron chi connectivity index (χ2n) is 4.75. The van der Waals surface area contributed by atoms with E-state index in [0.717, 1.165) is 22.3 Å². The van der Waals surface area contributed by atoms with Crippen molar-refractivity contribution in [2.24, 2.45) is 0 Å². The highest BCUT2D eigenvalue weighted by molar-refractivity contribution is 6.13. The van der Waals surface area contributed by atoms with E-state index in [2.05, 4.69) is 10.6 Å².